The Hall–Kier alpha value is -3.48. The molecule has 1 N–H and O–H groups in total. The van der Waals surface area contributed by atoms with Crippen LogP contribution in [0.1, 0.15) is 16.8 Å². The van der Waals surface area contributed by atoms with Crippen molar-refractivity contribution < 1.29 is 14.3 Å². The number of hydrogen-bond acceptors (Lipinski definition) is 5. The first-order valence-electron chi connectivity index (χ1n) is 8.81. The van der Waals surface area contributed by atoms with Gasteiger partial charge in [0.2, 0.25) is 5.91 Å². The number of anilines is 1. The molecule has 0 atom stereocenters. The Labute approximate surface area is 161 Å². The maximum atomic E-state index is 12.7. The lowest BCUT2D eigenvalue weighted by Crippen LogP contribution is -2.31. The summed E-state index contributed by atoms with van der Waals surface area (Å²) >= 11 is 0. The maximum absolute atomic E-state index is 12.7. The number of fused-ring (bicyclic) bond motifs is 1. The molecule has 144 valence electrons. The monoisotopic (exact) mass is 379 g/mol. The van der Waals surface area contributed by atoms with Gasteiger partial charge in [-0.1, -0.05) is 24.3 Å². The van der Waals surface area contributed by atoms with Crippen LogP contribution in [0, 0.1) is 13.8 Å². The van der Waals surface area contributed by atoms with Crippen LogP contribution < -0.4 is 10.9 Å². The van der Waals surface area contributed by atoms with Gasteiger partial charge < -0.3 is 10.1 Å². The lowest BCUT2D eigenvalue weighted by Gasteiger charge is -2.11. The summed E-state index contributed by atoms with van der Waals surface area (Å²) < 4.78 is 5.79. The number of esters is 1. The molecule has 3 aromatic rings. The van der Waals surface area contributed by atoms with Crippen LogP contribution in [-0.4, -0.2) is 28.8 Å². The molecule has 1 aromatic heterocycles. The third-order valence-electron chi connectivity index (χ3n) is 4.57. The van der Waals surface area contributed by atoms with E-state index in [-0.39, 0.29) is 24.4 Å². The Morgan fingerprint density at radius 1 is 1.07 bits per heavy atom. The zero-order chi connectivity index (χ0) is 20.3. The van der Waals surface area contributed by atoms with Crippen LogP contribution in [0.2, 0.25) is 0 Å². The smallest absolute Gasteiger partial charge is 0.311 e. The van der Waals surface area contributed by atoms with Gasteiger partial charge >= 0.3 is 5.97 Å². The average molecular weight is 379 g/mol. The van der Waals surface area contributed by atoms with Crippen LogP contribution in [0.15, 0.2) is 47.3 Å². The van der Waals surface area contributed by atoms with E-state index in [4.69, 9.17) is 4.74 Å². The SMILES string of the molecule is COC(=O)Cc1nn(CC(=O)Nc2ccc(C)c(C)c2)c(=O)c2ccccc12. The topological polar surface area (TPSA) is 90.3 Å². The summed E-state index contributed by atoms with van der Waals surface area (Å²) in [5.74, 6) is -0.848. The van der Waals surface area contributed by atoms with Crippen molar-refractivity contribution in [3.63, 3.8) is 0 Å². The number of nitrogens with zero attached hydrogens (tertiary/aromatic N) is 2. The van der Waals surface area contributed by atoms with E-state index in [1.165, 1.54) is 7.11 Å². The number of hydrogen-bond donors (Lipinski definition) is 1. The summed E-state index contributed by atoms with van der Waals surface area (Å²) in [6.45, 7) is 3.69. The highest BCUT2D eigenvalue weighted by molar-refractivity contribution is 5.91. The second-order valence-corrected chi connectivity index (χ2v) is 6.56. The number of aromatic nitrogens is 2. The number of aryl methyl sites for hydroxylation is 2. The molecule has 0 bridgehead atoms. The Kier molecular flexibility index (Phi) is 5.54. The molecule has 7 heteroatoms. The molecule has 1 heterocycles. The highest BCUT2D eigenvalue weighted by Gasteiger charge is 2.15. The van der Waals surface area contributed by atoms with Crippen LogP contribution in [0.4, 0.5) is 5.69 Å². The standard InChI is InChI=1S/C21H21N3O4/c1-13-8-9-15(10-14(13)2)22-19(25)12-24-21(27)17-7-5-4-6-16(17)18(23-24)11-20(26)28-3/h4-10H,11-12H2,1-3H3,(H,22,25). The van der Waals surface area contributed by atoms with Gasteiger partial charge in [-0.3, -0.25) is 14.4 Å². The van der Waals surface area contributed by atoms with Crippen molar-refractivity contribution in [3.05, 3.63) is 69.6 Å². The normalized spacial score (nSPS) is 10.7. The minimum Gasteiger partial charge on any atom is -0.469 e. The molecule has 0 aliphatic carbocycles. The van der Waals surface area contributed by atoms with E-state index in [9.17, 15) is 14.4 Å². The predicted octanol–water partition coefficient (Wildman–Crippen LogP) is 2.37. The molecule has 0 radical (unpaired) electrons. The molecule has 7 nitrogen and oxygen atoms in total. The van der Waals surface area contributed by atoms with E-state index in [0.29, 0.717) is 22.2 Å². The second-order valence-electron chi connectivity index (χ2n) is 6.56. The van der Waals surface area contributed by atoms with Gasteiger partial charge in [0.25, 0.3) is 5.56 Å². The lowest BCUT2D eigenvalue weighted by molar-refractivity contribution is -0.139. The van der Waals surface area contributed by atoms with Gasteiger partial charge in [-0.25, -0.2) is 4.68 Å². The molecule has 0 saturated carbocycles. The van der Waals surface area contributed by atoms with Crippen molar-refractivity contribution in [2.45, 2.75) is 26.8 Å². The lowest BCUT2D eigenvalue weighted by atomic mass is 10.1. The molecule has 0 saturated heterocycles. The van der Waals surface area contributed by atoms with Crippen LogP contribution in [0.25, 0.3) is 10.8 Å². The quantitative estimate of drug-likeness (QED) is 0.688. The van der Waals surface area contributed by atoms with Crippen LogP contribution >= 0.6 is 0 Å². The molecule has 0 spiro atoms. The van der Waals surface area contributed by atoms with Crippen LogP contribution in [0.3, 0.4) is 0 Å². The van der Waals surface area contributed by atoms with Crippen molar-refractivity contribution in [2.24, 2.45) is 0 Å². The number of rotatable bonds is 5. The Morgan fingerprint density at radius 2 is 1.79 bits per heavy atom. The molecule has 0 aliphatic rings. The van der Waals surface area contributed by atoms with E-state index >= 15 is 0 Å². The molecule has 3 rings (SSSR count). The first-order valence-corrected chi connectivity index (χ1v) is 8.81. The Balaban J connectivity index is 1.92. The number of carbonyl (C=O) groups is 2. The largest absolute Gasteiger partial charge is 0.469 e. The second kappa shape index (κ2) is 8.04. The number of ether oxygens (including phenoxy) is 1. The maximum Gasteiger partial charge on any atom is 0.311 e. The van der Waals surface area contributed by atoms with Crippen molar-refractivity contribution in [3.8, 4) is 0 Å². The minimum absolute atomic E-state index is 0.0872. The average Bonchev–Trinajstić information content (AvgIpc) is 2.68. The molecule has 0 aliphatic heterocycles. The molecular weight excluding hydrogens is 358 g/mol. The fourth-order valence-corrected chi connectivity index (χ4v) is 2.91. The third-order valence-corrected chi connectivity index (χ3v) is 4.57. The fraction of sp³-hybridized carbons (Fsp3) is 0.238. The number of nitrogens with one attached hydrogen (secondary N) is 1. The van der Waals surface area contributed by atoms with Crippen molar-refractivity contribution in [1.82, 2.24) is 9.78 Å². The van der Waals surface area contributed by atoms with Gasteiger partial charge in [-0.05, 0) is 43.2 Å². The van der Waals surface area contributed by atoms with E-state index < -0.39 is 5.97 Å². The fourth-order valence-electron chi connectivity index (χ4n) is 2.91. The molecule has 28 heavy (non-hydrogen) atoms. The van der Waals surface area contributed by atoms with Gasteiger partial charge in [0, 0.05) is 11.1 Å². The van der Waals surface area contributed by atoms with Crippen molar-refractivity contribution in [2.75, 3.05) is 12.4 Å². The summed E-state index contributed by atoms with van der Waals surface area (Å²) in [5.41, 5.74) is 2.83. The summed E-state index contributed by atoms with van der Waals surface area (Å²) in [6.07, 6.45) is -0.0872. The highest BCUT2D eigenvalue weighted by atomic mass is 16.5. The zero-order valence-electron chi connectivity index (χ0n) is 16.0. The van der Waals surface area contributed by atoms with Gasteiger partial charge in [0.15, 0.2) is 0 Å². The van der Waals surface area contributed by atoms with Crippen LogP contribution in [0.5, 0.6) is 0 Å². The van der Waals surface area contributed by atoms with E-state index in [0.717, 1.165) is 15.8 Å². The minimum atomic E-state index is -0.470. The van der Waals surface area contributed by atoms with E-state index in [1.807, 2.05) is 26.0 Å². The zero-order valence-corrected chi connectivity index (χ0v) is 16.0. The molecular formula is C21H21N3O4. The van der Waals surface area contributed by atoms with Crippen molar-refractivity contribution >= 4 is 28.3 Å². The van der Waals surface area contributed by atoms with Gasteiger partial charge in [0.1, 0.15) is 6.54 Å². The van der Waals surface area contributed by atoms with E-state index in [1.54, 1.807) is 30.3 Å². The summed E-state index contributed by atoms with van der Waals surface area (Å²) in [7, 11) is 1.29. The first-order chi connectivity index (χ1) is 13.4. The molecule has 0 fully saturated rings. The molecule has 1 amide bonds. The van der Waals surface area contributed by atoms with Crippen LogP contribution in [-0.2, 0) is 27.3 Å². The molecule has 2 aromatic carbocycles. The number of methoxy groups -OCH3 is 1. The van der Waals surface area contributed by atoms with Crippen molar-refractivity contribution in [1.29, 1.82) is 0 Å². The molecule has 0 unspecified atom stereocenters. The van der Waals surface area contributed by atoms with E-state index in [2.05, 4.69) is 10.4 Å². The van der Waals surface area contributed by atoms with Gasteiger partial charge in [-0.2, -0.15) is 5.10 Å². The number of benzene rings is 2. The number of amides is 1. The summed E-state index contributed by atoms with van der Waals surface area (Å²) in [6, 6.07) is 12.5. The first kappa shape index (κ1) is 19.3. The van der Waals surface area contributed by atoms with Gasteiger partial charge in [0.05, 0.1) is 24.6 Å². The highest BCUT2D eigenvalue weighted by Crippen LogP contribution is 2.15. The number of carbonyl (C=O) groups excluding carboxylic acids is 2. The summed E-state index contributed by atoms with van der Waals surface area (Å²) in [5, 5.41) is 7.99. The van der Waals surface area contributed by atoms with Gasteiger partial charge in [-0.15, -0.1) is 0 Å². The Bertz CT molecular complexity index is 1120. The third kappa shape index (κ3) is 4.09. The summed E-state index contributed by atoms with van der Waals surface area (Å²) in [4.78, 5) is 36.9. The predicted molar refractivity (Wildman–Crippen MR) is 106 cm³/mol. The Morgan fingerprint density at radius 3 is 2.46 bits per heavy atom.